The van der Waals surface area contributed by atoms with E-state index in [-0.39, 0.29) is 30.7 Å². The van der Waals surface area contributed by atoms with Crippen LogP contribution in [0.15, 0.2) is 16.5 Å². The van der Waals surface area contributed by atoms with Gasteiger partial charge in [-0.15, -0.1) is 0 Å². The number of furan rings is 1. The SMILES string of the molecule is CCNC(=O)CN(CC)C(=O)c1ccc(CN)o1. The summed E-state index contributed by atoms with van der Waals surface area (Å²) in [5.74, 6) is 0.274. The van der Waals surface area contributed by atoms with Crippen LogP contribution >= 0.6 is 0 Å². The lowest BCUT2D eigenvalue weighted by molar-refractivity contribution is -0.121. The first-order valence-corrected chi connectivity index (χ1v) is 5.97. The van der Waals surface area contributed by atoms with Crippen LogP contribution in [0.4, 0.5) is 0 Å². The number of rotatable bonds is 6. The molecule has 6 heteroatoms. The predicted octanol–water partition coefficient (Wildman–Crippen LogP) is 0.336. The van der Waals surface area contributed by atoms with Crippen LogP contribution in [0.5, 0.6) is 0 Å². The summed E-state index contributed by atoms with van der Waals surface area (Å²) in [6.07, 6.45) is 0. The van der Waals surface area contributed by atoms with Crippen molar-refractivity contribution < 1.29 is 14.0 Å². The van der Waals surface area contributed by atoms with Crippen molar-refractivity contribution in [2.24, 2.45) is 5.73 Å². The van der Waals surface area contributed by atoms with Crippen molar-refractivity contribution in [3.05, 3.63) is 23.7 Å². The molecule has 0 spiro atoms. The third kappa shape index (κ3) is 3.59. The fourth-order valence-corrected chi connectivity index (χ4v) is 1.51. The summed E-state index contributed by atoms with van der Waals surface area (Å²) < 4.78 is 5.27. The summed E-state index contributed by atoms with van der Waals surface area (Å²) in [4.78, 5) is 24.9. The molecule has 0 aromatic carbocycles. The van der Waals surface area contributed by atoms with Crippen LogP contribution < -0.4 is 11.1 Å². The number of carbonyl (C=O) groups is 2. The Kier molecular flexibility index (Phi) is 5.38. The molecule has 6 nitrogen and oxygen atoms in total. The highest BCUT2D eigenvalue weighted by Gasteiger charge is 2.19. The number of carbonyl (C=O) groups excluding carboxylic acids is 2. The van der Waals surface area contributed by atoms with Crippen LogP contribution in [0.1, 0.15) is 30.2 Å². The van der Waals surface area contributed by atoms with Gasteiger partial charge in [0.1, 0.15) is 5.76 Å². The van der Waals surface area contributed by atoms with E-state index in [2.05, 4.69) is 5.32 Å². The van der Waals surface area contributed by atoms with Crippen LogP contribution in [0.3, 0.4) is 0 Å². The van der Waals surface area contributed by atoms with Gasteiger partial charge >= 0.3 is 0 Å². The first-order chi connectivity index (χ1) is 8.62. The van der Waals surface area contributed by atoms with Gasteiger partial charge in [0.15, 0.2) is 5.76 Å². The summed E-state index contributed by atoms with van der Waals surface area (Å²) in [5, 5.41) is 2.65. The van der Waals surface area contributed by atoms with Gasteiger partial charge in [0.25, 0.3) is 5.91 Å². The molecule has 0 bridgehead atoms. The summed E-state index contributed by atoms with van der Waals surface area (Å²) >= 11 is 0. The Balaban J connectivity index is 2.69. The van der Waals surface area contributed by atoms with Crippen molar-refractivity contribution in [3.8, 4) is 0 Å². The Hall–Kier alpha value is -1.82. The number of likely N-dealkylation sites (N-methyl/N-ethyl adjacent to an activating group) is 2. The molecule has 0 unspecified atom stereocenters. The van der Waals surface area contributed by atoms with Crippen molar-refractivity contribution in [3.63, 3.8) is 0 Å². The first kappa shape index (κ1) is 14.2. The second-order valence-corrected chi connectivity index (χ2v) is 3.74. The number of nitrogens with one attached hydrogen (secondary N) is 1. The average Bonchev–Trinajstić information content (AvgIpc) is 2.84. The van der Waals surface area contributed by atoms with Crippen molar-refractivity contribution in [1.82, 2.24) is 10.2 Å². The van der Waals surface area contributed by atoms with E-state index in [1.54, 1.807) is 12.1 Å². The van der Waals surface area contributed by atoms with E-state index >= 15 is 0 Å². The third-order valence-electron chi connectivity index (χ3n) is 2.45. The molecular formula is C12H19N3O3. The van der Waals surface area contributed by atoms with Gasteiger partial charge in [0.2, 0.25) is 5.91 Å². The first-order valence-electron chi connectivity index (χ1n) is 5.97. The van der Waals surface area contributed by atoms with E-state index in [0.29, 0.717) is 18.8 Å². The molecule has 0 aliphatic carbocycles. The zero-order valence-electron chi connectivity index (χ0n) is 10.7. The molecule has 0 atom stereocenters. The number of nitrogens with two attached hydrogens (primary N) is 1. The van der Waals surface area contributed by atoms with E-state index in [4.69, 9.17) is 10.2 Å². The molecule has 1 aromatic heterocycles. The second-order valence-electron chi connectivity index (χ2n) is 3.74. The van der Waals surface area contributed by atoms with Crippen molar-refractivity contribution in [2.75, 3.05) is 19.6 Å². The maximum Gasteiger partial charge on any atom is 0.290 e. The standard InChI is InChI=1S/C12H19N3O3/c1-3-14-11(16)8-15(4-2)12(17)10-6-5-9(7-13)18-10/h5-6H,3-4,7-8,13H2,1-2H3,(H,14,16). The summed E-state index contributed by atoms with van der Waals surface area (Å²) in [6.45, 7) is 4.90. The lowest BCUT2D eigenvalue weighted by Crippen LogP contribution is -2.40. The van der Waals surface area contributed by atoms with E-state index in [1.807, 2.05) is 13.8 Å². The van der Waals surface area contributed by atoms with Crippen molar-refractivity contribution >= 4 is 11.8 Å². The molecule has 0 saturated carbocycles. The molecule has 100 valence electrons. The highest BCUT2D eigenvalue weighted by atomic mass is 16.4. The molecule has 18 heavy (non-hydrogen) atoms. The monoisotopic (exact) mass is 253 g/mol. The second kappa shape index (κ2) is 6.80. The summed E-state index contributed by atoms with van der Waals surface area (Å²) in [7, 11) is 0. The fraction of sp³-hybridized carbons (Fsp3) is 0.500. The lowest BCUT2D eigenvalue weighted by atomic mass is 10.3. The number of hydrogen-bond donors (Lipinski definition) is 2. The summed E-state index contributed by atoms with van der Waals surface area (Å²) in [5.41, 5.74) is 5.41. The van der Waals surface area contributed by atoms with Gasteiger partial charge in [-0.05, 0) is 26.0 Å². The Morgan fingerprint density at radius 1 is 1.39 bits per heavy atom. The number of hydrogen-bond acceptors (Lipinski definition) is 4. The normalized spacial score (nSPS) is 10.2. The highest BCUT2D eigenvalue weighted by Crippen LogP contribution is 2.10. The maximum absolute atomic E-state index is 12.1. The Morgan fingerprint density at radius 2 is 2.11 bits per heavy atom. The van der Waals surface area contributed by atoms with Gasteiger partial charge in [0, 0.05) is 13.1 Å². The number of amides is 2. The average molecular weight is 253 g/mol. The molecule has 0 radical (unpaired) electrons. The largest absolute Gasteiger partial charge is 0.455 e. The van der Waals surface area contributed by atoms with Crippen molar-refractivity contribution in [1.29, 1.82) is 0 Å². The van der Waals surface area contributed by atoms with E-state index < -0.39 is 0 Å². The Labute approximate surface area is 106 Å². The molecular weight excluding hydrogens is 234 g/mol. The third-order valence-corrected chi connectivity index (χ3v) is 2.45. The molecule has 0 saturated heterocycles. The van der Waals surface area contributed by atoms with Gasteiger partial charge < -0.3 is 20.4 Å². The van der Waals surface area contributed by atoms with Gasteiger partial charge in [0.05, 0.1) is 13.1 Å². The topological polar surface area (TPSA) is 88.6 Å². The molecule has 3 N–H and O–H groups in total. The van der Waals surface area contributed by atoms with Crippen LogP contribution in [0, 0.1) is 0 Å². The quantitative estimate of drug-likeness (QED) is 0.765. The predicted molar refractivity (Wildman–Crippen MR) is 66.9 cm³/mol. The molecule has 1 aromatic rings. The fourth-order valence-electron chi connectivity index (χ4n) is 1.51. The molecule has 0 fully saturated rings. The van der Waals surface area contributed by atoms with Gasteiger partial charge in [-0.1, -0.05) is 0 Å². The van der Waals surface area contributed by atoms with Crippen LogP contribution in [-0.2, 0) is 11.3 Å². The lowest BCUT2D eigenvalue weighted by Gasteiger charge is -2.18. The molecule has 0 aliphatic heterocycles. The molecule has 0 aliphatic rings. The minimum atomic E-state index is -0.302. The Morgan fingerprint density at radius 3 is 2.61 bits per heavy atom. The summed E-state index contributed by atoms with van der Waals surface area (Å²) in [6, 6.07) is 3.23. The van der Waals surface area contributed by atoms with Crippen LogP contribution in [-0.4, -0.2) is 36.3 Å². The molecule has 1 rings (SSSR count). The Bertz CT molecular complexity index is 414. The minimum Gasteiger partial charge on any atom is -0.455 e. The number of nitrogens with zero attached hydrogens (tertiary/aromatic N) is 1. The van der Waals surface area contributed by atoms with Crippen LogP contribution in [0.2, 0.25) is 0 Å². The minimum absolute atomic E-state index is 0.0296. The molecule has 2 amide bonds. The van der Waals surface area contributed by atoms with Gasteiger partial charge in [-0.25, -0.2) is 0 Å². The maximum atomic E-state index is 12.1. The smallest absolute Gasteiger partial charge is 0.290 e. The molecule has 1 heterocycles. The van der Waals surface area contributed by atoms with Gasteiger partial charge in [-0.2, -0.15) is 0 Å². The van der Waals surface area contributed by atoms with Crippen molar-refractivity contribution in [2.45, 2.75) is 20.4 Å². The van der Waals surface area contributed by atoms with E-state index in [9.17, 15) is 9.59 Å². The zero-order chi connectivity index (χ0) is 13.5. The highest BCUT2D eigenvalue weighted by molar-refractivity contribution is 5.94. The van der Waals surface area contributed by atoms with E-state index in [1.165, 1.54) is 4.90 Å². The van der Waals surface area contributed by atoms with Crippen LogP contribution in [0.25, 0.3) is 0 Å². The zero-order valence-corrected chi connectivity index (χ0v) is 10.7. The van der Waals surface area contributed by atoms with E-state index in [0.717, 1.165) is 0 Å². The van der Waals surface area contributed by atoms with Gasteiger partial charge in [-0.3, -0.25) is 9.59 Å².